The lowest BCUT2D eigenvalue weighted by atomic mass is 10.1. The fourth-order valence-corrected chi connectivity index (χ4v) is 1.69. The van der Waals surface area contributed by atoms with E-state index in [0.29, 0.717) is 17.9 Å². The Labute approximate surface area is 111 Å². The first-order valence-corrected chi connectivity index (χ1v) is 5.84. The number of carbonyl (C=O) groups excluding carboxylic acids is 1. The van der Waals surface area contributed by atoms with Crippen molar-refractivity contribution in [2.45, 2.75) is 6.61 Å². The molecule has 2 aromatic carbocycles. The molecule has 0 spiro atoms. The first-order chi connectivity index (χ1) is 9.19. The zero-order valence-corrected chi connectivity index (χ0v) is 10.5. The zero-order chi connectivity index (χ0) is 13.7. The smallest absolute Gasteiger partial charge is 0.255 e. The van der Waals surface area contributed by atoms with Crippen LogP contribution in [0.3, 0.4) is 0 Å². The Bertz CT molecular complexity index is 567. The van der Waals surface area contributed by atoms with Crippen LogP contribution in [0.2, 0.25) is 0 Å². The van der Waals surface area contributed by atoms with E-state index in [1.54, 1.807) is 31.4 Å². The van der Waals surface area contributed by atoms with Gasteiger partial charge in [0.25, 0.3) is 5.91 Å². The van der Waals surface area contributed by atoms with Gasteiger partial charge in [0.15, 0.2) is 0 Å². The molecule has 0 bridgehead atoms. The van der Waals surface area contributed by atoms with Crippen LogP contribution in [0.4, 0.5) is 10.1 Å². The first kappa shape index (κ1) is 13.2. The van der Waals surface area contributed by atoms with Gasteiger partial charge in [-0.15, -0.1) is 0 Å². The Hall–Kier alpha value is -2.20. The van der Waals surface area contributed by atoms with Gasteiger partial charge in [-0.25, -0.2) is 4.39 Å². The molecular weight excluding hydrogens is 245 g/mol. The second-order valence-corrected chi connectivity index (χ2v) is 4.09. The SMILES string of the molecule is COCc1ccc(C(=O)Nc2cccc(F)c2)cc1. The van der Waals surface area contributed by atoms with E-state index in [1.165, 1.54) is 12.1 Å². The minimum absolute atomic E-state index is 0.269. The molecule has 0 atom stereocenters. The summed E-state index contributed by atoms with van der Waals surface area (Å²) >= 11 is 0. The number of methoxy groups -OCH3 is 1. The molecule has 0 aliphatic heterocycles. The third-order valence-electron chi connectivity index (χ3n) is 2.61. The number of amides is 1. The van der Waals surface area contributed by atoms with Gasteiger partial charge in [-0.2, -0.15) is 0 Å². The highest BCUT2D eigenvalue weighted by Crippen LogP contribution is 2.12. The van der Waals surface area contributed by atoms with Crippen molar-refractivity contribution >= 4 is 11.6 Å². The summed E-state index contributed by atoms with van der Waals surface area (Å²) in [5.41, 5.74) is 1.94. The largest absolute Gasteiger partial charge is 0.380 e. The molecule has 0 unspecified atom stereocenters. The average Bonchev–Trinajstić information content (AvgIpc) is 2.40. The average molecular weight is 259 g/mol. The van der Waals surface area contributed by atoms with E-state index in [1.807, 2.05) is 12.1 Å². The zero-order valence-electron chi connectivity index (χ0n) is 10.5. The number of anilines is 1. The van der Waals surface area contributed by atoms with E-state index in [2.05, 4.69) is 5.32 Å². The van der Waals surface area contributed by atoms with Crippen LogP contribution in [0, 0.1) is 5.82 Å². The van der Waals surface area contributed by atoms with Crippen LogP contribution in [0.15, 0.2) is 48.5 Å². The molecule has 0 heterocycles. The monoisotopic (exact) mass is 259 g/mol. The molecule has 3 nitrogen and oxygen atoms in total. The lowest BCUT2D eigenvalue weighted by Gasteiger charge is -2.06. The minimum Gasteiger partial charge on any atom is -0.380 e. The summed E-state index contributed by atoms with van der Waals surface area (Å²) in [5, 5.41) is 2.64. The number of hydrogen-bond acceptors (Lipinski definition) is 2. The number of nitrogens with one attached hydrogen (secondary N) is 1. The van der Waals surface area contributed by atoms with Crippen LogP contribution < -0.4 is 5.32 Å². The molecule has 0 saturated carbocycles. The Morgan fingerprint density at radius 2 is 1.95 bits per heavy atom. The van der Waals surface area contributed by atoms with E-state index < -0.39 is 0 Å². The molecule has 2 aromatic rings. The van der Waals surface area contributed by atoms with Crippen molar-refractivity contribution in [2.75, 3.05) is 12.4 Å². The number of benzene rings is 2. The lowest BCUT2D eigenvalue weighted by Crippen LogP contribution is -2.11. The molecule has 4 heteroatoms. The molecule has 0 aromatic heterocycles. The Morgan fingerprint density at radius 3 is 2.58 bits per heavy atom. The van der Waals surface area contributed by atoms with E-state index in [4.69, 9.17) is 4.74 Å². The molecule has 1 N–H and O–H groups in total. The maximum absolute atomic E-state index is 13.0. The van der Waals surface area contributed by atoms with Crippen molar-refractivity contribution in [3.8, 4) is 0 Å². The molecule has 0 aliphatic rings. The van der Waals surface area contributed by atoms with E-state index in [-0.39, 0.29) is 11.7 Å². The molecule has 0 aliphatic carbocycles. The van der Waals surface area contributed by atoms with Gasteiger partial charge in [-0.3, -0.25) is 4.79 Å². The third-order valence-corrected chi connectivity index (χ3v) is 2.61. The van der Waals surface area contributed by atoms with Crippen LogP contribution in [0.25, 0.3) is 0 Å². The van der Waals surface area contributed by atoms with Crippen molar-refractivity contribution in [1.29, 1.82) is 0 Å². The van der Waals surface area contributed by atoms with Crippen LogP contribution in [-0.2, 0) is 11.3 Å². The summed E-state index contributed by atoms with van der Waals surface area (Å²) in [6.45, 7) is 0.506. The highest BCUT2D eigenvalue weighted by atomic mass is 19.1. The number of hydrogen-bond donors (Lipinski definition) is 1. The van der Waals surface area contributed by atoms with Gasteiger partial charge in [0.05, 0.1) is 6.61 Å². The molecule has 0 fully saturated rings. The van der Waals surface area contributed by atoms with Gasteiger partial charge in [-0.05, 0) is 35.9 Å². The van der Waals surface area contributed by atoms with Crippen molar-refractivity contribution in [3.63, 3.8) is 0 Å². The summed E-state index contributed by atoms with van der Waals surface area (Å²) in [4.78, 5) is 11.9. The second kappa shape index (κ2) is 6.11. The second-order valence-electron chi connectivity index (χ2n) is 4.09. The van der Waals surface area contributed by atoms with Crippen molar-refractivity contribution in [2.24, 2.45) is 0 Å². The van der Waals surface area contributed by atoms with Crippen LogP contribution in [0.5, 0.6) is 0 Å². The van der Waals surface area contributed by atoms with E-state index in [0.717, 1.165) is 5.56 Å². The quantitative estimate of drug-likeness (QED) is 0.915. The summed E-state index contributed by atoms with van der Waals surface area (Å²) in [5.74, 6) is -0.650. The van der Waals surface area contributed by atoms with Gasteiger partial charge < -0.3 is 10.1 Å². The van der Waals surface area contributed by atoms with Gasteiger partial charge in [-0.1, -0.05) is 18.2 Å². The Morgan fingerprint density at radius 1 is 1.21 bits per heavy atom. The molecule has 0 radical (unpaired) electrons. The molecule has 98 valence electrons. The van der Waals surface area contributed by atoms with Gasteiger partial charge in [0.1, 0.15) is 5.82 Å². The molecule has 2 rings (SSSR count). The molecule has 19 heavy (non-hydrogen) atoms. The predicted octanol–water partition coefficient (Wildman–Crippen LogP) is 3.22. The van der Waals surface area contributed by atoms with Crippen molar-refractivity contribution in [3.05, 3.63) is 65.5 Å². The third kappa shape index (κ3) is 3.63. The van der Waals surface area contributed by atoms with Crippen LogP contribution in [0.1, 0.15) is 15.9 Å². The lowest BCUT2D eigenvalue weighted by molar-refractivity contribution is 0.102. The number of ether oxygens (including phenoxy) is 1. The molecular formula is C15H14FNO2. The highest BCUT2D eigenvalue weighted by molar-refractivity contribution is 6.04. The molecule has 0 saturated heterocycles. The summed E-state index contributed by atoms with van der Waals surface area (Å²) in [6.07, 6.45) is 0. The standard InChI is InChI=1S/C15H14FNO2/c1-19-10-11-5-7-12(8-6-11)15(18)17-14-4-2-3-13(16)9-14/h2-9H,10H2,1H3,(H,17,18). The normalized spacial score (nSPS) is 10.2. The maximum Gasteiger partial charge on any atom is 0.255 e. The van der Waals surface area contributed by atoms with Crippen molar-refractivity contribution in [1.82, 2.24) is 0 Å². The maximum atomic E-state index is 13.0. The minimum atomic E-state index is -0.381. The van der Waals surface area contributed by atoms with E-state index >= 15 is 0 Å². The van der Waals surface area contributed by atoms with E-state index in [9.17, 15) is 9.18 Å². The summed E-state index contributed by atoms with van der Waals surface area (Å²) < 4.78 is 18.0. The number of carbonyl (C=O) groups is 1. The fraction of sp³-hybridized carbons (Fsp3) is 0.133. The predicted molar refractivity (Wildman–Crippen MR) is 71.5 cm³/mol. The highest BCUT2D eigenvalue weighted by Gasteiger charge is 2.06. The Kier molecular flexibility index (Phi) is 4.26. The van der Waals surface area contributed by atoms with Crippen LogP contribution in [-0.4, -0.2) is 13.0 Å². The van der Waals surface area contributed by atoms with Crippen LogP contribution >= 0.6 is 0 Å². The fourth-order valence-electron chi connectivity index (χ4n) is 1.69. The number of halogens is 1. The summed E-state index contributed by atoms with van der Waals surface area (Å²) in [6, 6.07) is 12.9. The summed E-state index contributed by atoms with van der Waals surface area (Å²) in [7, 11) is 1.62. The Balaban J connectivity index is 2.07. The number of rotatable bonds is 4. The molecule has 1 amide bonds. The van der Waals surface area contributed by atoms with Gasteiger partial charge in [0.2, 0.25) is 0 Å². The first-order valence-electron chi connectivity index (χ1n) is 5.84. The topological polar surface area (TPSA) is 38.3 Å². The van der Waals surface area contributed by atoms with Gasteiger partial charge in [0, 0.05) is 18.4 Å². The van der Waals surface area contributed by atoms with Crippen molar-refractivity contribution < 1.29 is 13.9 Å². The van der Waals surface area contributed by atoms with Gasteiger partial charge >= 0.3 is 0 Å².